The van der Waals surface area contributed by atoms with Crippen LogP contribution in [-0.4, -0.2) is 39.1 Å². The first-order valence-electron chi connectivity index (χ1n) is 9.30. The van der Waals surface area contributed by atoms with Crippen LogP contribution in [-0.2, 0) is 14.2 Å². The van der Waals surface area contributed by atoms with Crippen LogP contribution >= 0.6 is 35.3 Å². The van der Waals surface area contributed by atoms with Gasteiger partial charge in [0.15, 0.2) is 0 Å². The second-order valence-electron chi connectivity index (χ2n) is 5.59. The van der Waals surface area contributed by atoms with E-state index in [4.69, 9.17) is 14.2 Å². The summed E-state index contributed by atoms with van der Waals surface area (Å²) in [6.45, 7) is 0. The fourth-order valence-electron chi connectivity index (χ4n) is 1.93. The average Bonchev–Trinajstić information content (AvgIpc) is 2.83. The normalized spacial score (nSPS) is 8.82. The maximum Gasteiger partial charge on any atom is 0.0963 e. The van der Waals surface area contributed by atoms with Crippen molar-refractivity contribution in [2.45, 2.75) is 14.7 Å². The van der Waals surface area contributed by atoms with Gasteiger partial charge in [0.1, 0.15) is 0 Å². The summed E-state index contributed by atoms with van der Waals surface area (Å²) in [5.74, 6) is 2.18. The Kier molecular flexibility index (Phi) is 29.0. The van der Waals surface area contributed by atoms with E-state index in [0.29, 0.717) is 0 Å². The summed E-state index contributed by atoms with van der Waals surface area (Å²) in [6, 6.07) is 30.6. The molecule has 0 saturated carbocycles. The molecule has 0 heterocycles. The zero-order valence-corrected chi connectivity index (χ0v) is 21.4. The largest absolute Gasteiger partial charge is 0.374 e. The van der Waals surface area contributed by atoms with Crippen molar-refractivity contribution in [2.24, 2.45) is 0 Å². The molecule has 0 saturated heterocycles. The molecule has 3 aromatic carbocycles. The Labute approximate surface area is 208 Å². The van der Waals surface area contributed by atoms with Crippen LogP contribution in [0.3, 0.4) is 0 Å². The third-order valence-corrected chi connectivity index (χ3v) is 6.14. The molecule has 0 unspecified atom stereocenters. The van der Waals surface area contributed by atoms with Crippen LogP contribution in [0.2, 0.25) is 0 Å². The minimum Gasteiger partial charge on any atom is -0.374 e. The number of halogens is 3. The molecule has 0 amide bonds. The van der Waals surface area contributed by atoms with Crippen LogP contribution in [0.25, 0.3) is 0 Å². The van der Waals surface area contributed by atoms with Gasteiger partial charge in [0.2, 0.25) is 0 Å². The molecule has 0 aliphatic rings. The van der Waals surface area contributed by atoms with Gasteiger partial charge in [0.25, 0.3) is 0 Å². The Bertz CT molecular complexity index is 640. The number of rotatable bonds is 9. The Balaban J connectivity index is -0.000000391. The van der Waals surface area contributed by atoms with Crippen molar-refractivity contribution in [1.82, 2.24) is 0 Å². The Hall–Kier alpha value is -1.62. The van der Waals surface area contributed by atoms with Crippen molar-refractivity contribution in [3.05, 3.63) is 91.0 Å². The van der Waals surface area contributed by atoms with E-state index in [2.05, 4.69) is 36.4 Å². The summed E-state index contributed by atoms with van der Waals surface area (Å²) in [4.78, 5) is 3.76. The topological polar surface area (TPSA) is 27.7 Å². The highest BCUT2D eigenvalue weighted by molar-refractivity contribution is 7.99. The number of methoxy groups -OCH3 is 3. The molecule has 3 rings (SSSR count). The lowest BCUT2D eigenvalue weighted by Crippen LogP contribution is -1.79. The first-order valence-corrected chi connectivity index (χ1v) is 12.3. The van der Waals surface area contributed by atoms with Crippen LogP contribution in [0.1, 0.15) is 0 Å². The molecule has 0 fully saturated rings. The average molecular weight is 523 g/mol. The molecule has 3 nitrogen and oxygen atoms in total. The highest BCUT2D eigenvalue weighted by Gasteiger charge is 1.89. The molecule has 33 heavy (non-hydrogen) atoms. The maximum atomic E-state index is 4.91. The van der Waals surface area contributed by atoms with E-state index in [0.717, 1.165) is 17.8 Å². The molecule has 0 aliphatic carbocycles. The maximum absolute atomic E-state index is 4.91. The summed E-state index contributed by atoms with van der Waals surface area (Å²) in [5, 5.41) is 0. The molecule has 3 aromatic rings. The quantitative estimate of drug-likeness (QED) is 0.212. The van der Waals surface area contributed by atoms with Gasteiger partial charge in [-0.2, -0.15) is 0 Å². The van der Waals surface area contributed by atoms with Crippen molar-refractivity contribution in [3.8, 4) is 0 Å². The molecule has 9 heteroatoms. The van der Waals surface area contributed by atoms with Crippen molar-refractivity contribution in [2.75, 3.05) is 39.1 Å². The Morgan fingerprint density at radius 1 is 0.424 bits per heavy atom. The molecule has 0 aliphatic heterocycles. The summed E-state index contributed by atoms with van der Waals surface area (Å²) in [6.07, 6.45) is 0. The predicted molar refractivity (Wildman–Crippen MR) is 140 cm³/mol. The van der Waals surface area contributed by atoms with E-state index in [1.165, 1.54) is 14.7 Å². The summed E-state index contributed by atoms with van der Waals surface area (Å²) in [5.41, 5.74) is 0. The molecule has 0 N–H and O–H groups in total. The van der Waals surface area contributed by atoms with E-state index in [1.54, 1.807) is 56.6 Å². The molecule has 186 valence electrons. The number of benzene rings is 3. The fourth-order valence-corrected chi connectivity index (χ4v) is 3.74. The molecular weight excluding hydrogens is 489 g/mol. The number of hydrogen-bond donors (Lipinski definition) is 0. The van der Waals surface area contributed by atoms with Crippen molar-refractivity contribution in [1.29, 1.82) is 0 Å². The van der Waals surface area contributed by atoms with Crippen molar-refractivity contribution >= 4 is 35.3 Å². The molecule has 0 atom stereocenters. The van der Waals surface area contributed by atoms with Crippen LogP contribution < -0.4 is 0 Å². The zero-order chi connectivity index (χ0) is 21.7. The molecule has 0 aromatic heterocycles. The lowest BCUT2D eigenvalue weighted by atomic mass is 10.4. The zero-order valence-electron chi connectivity index (χ0n) is 19.0. The Morgan fingerprint density at radius 3 is 0.818 bits per heavy atom. The SMILES string of the molecule is COCSc1ccccc1.COCSc1ccccc1.COCSc1ccccc1.F.F.F. The number of thioether (sulfide) groups is 3. The lowest BCUT2D eigenvalue weighted by Gasteiger charge is -1.97. The van der Waals surface area contributed by atoms with E-state index < -0.39 is 0 Å². The number of hydrogen-bond acceptors (Lipinski definition) is 6. The smallest absolute Gasteiger partial charge is 0.0963 e. The van der Waals surface area contributed by atoms with Crippen LogP contribution in [0.5, 0.6) is 0 Å². The van der Waals surface area contributed by atoms with Gasteiger partial charge in [-0.15, -0.1) is 0 Å². The van der Waals surface area contributed by atoms with Gasteiger partial charge in [0, 0.05) is 36.0 Å². The molecule has 0 radical (unpaired) electrons. The van der Waals surface area contributed by atoms with Gasteiger partial charge >= 0.3 is 0 Å². The van der Waals surface area contributed by atoms with Gasteiger partial charge < -0.3 is 14.2 Å². The molecule has 0 bridgehead atoms. The van der Waals surface area contributed by atoms with Crippen LogP contribution in [0, 0.1) is 0 Å². The summed E-state index contributed by atoms with van der Waals surface area (Å²) >= 11 is 5.09. The monoisotopic (exact) mass is 522 g/mol. The standard InChI is InChI=1S/3C8H10OS.3FH/c3*1-9-7-10-8-5-3-2-4-6-8;;;/h3*2-6H,7H2,1H3;3*1H. The summed E-state index contributed by atoms with van der Waals surface area (Å²) < 4.78 is 14.7. The van der Waals surface area contributed by atoms with Gasteiger partial charge in [-0.3, -0.25) is 14.1 Å². The first-order chi connectivity index (χ1) is 14.8. The van der Waals surface area contributed by atoms with Gasteiger partial charge in [-0.1, -0.05) is 89.9 Å². The third-order valence-electron chi connectivity index (χ3n) is 3.26. The van der Waals surface area contributed by atoms with Crippen LogP contribution in [0.4, 0.5) is 14.1 Å². The number of ether oxygens (including phenoxy) is 3. The van der Waals surface area contributed by atoms with Crippen molar-refractivity contribution < 1.29 is 28.3 Å². The highest BCUT2D eigenvalue weighted by atomic mass is 32.2. The second kappa shape index (κ2) is 26.6. The fraction of sp³-hybridized carbons (Fsp3) is 0.250. The molecule has 0 spiro atoms. The van der Waals surface area contributed by atoms with Gasteiger partial charge in [0.05, 0.1) is 17.8 Å². The highest BCUT2D eigenvalue weighted by Crippen LogP contribution is 2.17. The Morgan fingerprint density at radius 2 is 0.636 bits per heavy atom. The summed E-state index contributed by atoms with van der Waals surface area (Å²) in [7, 11) is 5.11. The van der Waals surface area contributed by atoms with E-state index in [9.17, 15) is 0 Å². The van der Waals surface area contributed by atoms with Crippen LogP contribution in [0.15, 0.2) is 106 Å². The lowest BCUT2D eigenvalue weighted by molar-refractivity contribution is 0.259. The minimum absolute atomic E-state index is 0. The predicted octanol–water partition coefficient (Wildman–Crippen LogP) is 7.61. The van der Waals surface area contributed by atoms with E-state index in [1.807, 2.05) is 54.6 Å². The van der Waals surface area contributed by atoms with E-state index in [-0.39, 0.29) is 14.1 Å². The van der Waals surface area contributed by atoms with Gasteiger partial charge in [-0.05, 0) is 36.4 Å². The van der Waals surface area contributed by atoms with Gasteiger partial charge in [-0.25, -0.2) is 0 Å². The molecular formula is C24H33F3O3S3. The first kappa shape index (κ1) is 36.0. The van der Waals surface area contributed by atoms with E-state index >= 15 is 0 Å². The second-order valence-corrected chi connectivity index (χ2v) is 8.58. The minimum atomic E-state index is 0. The third kappa shape index (κ3) is 20.7. The van der Waals surface area contributed by atoms with Crippen molar-refractivity contribution in [3.63, 3.8) is 0 Å².